The monoisotopic (exact) mass is 309 g/mol. The molecule has 2 rings (SSSR count). The Morgan fingerprint density at radius 1 is 1.22 bits per heavy atom. The smallest absolute Gasteiger partial charge is 0.135 e. The van der Waals surface area contributed by atoms with Crippen molar-refractivity contribution in [1.29, 1.82) is 0 Å². The number of aromatic nitrogens is 2. The summed E-state index contributed by atoms with van der Waals surface area (Å²) in [6.45, 7) is 2.08. The van der Waals surface area contributed by atoms with E-state index in [1.165, 1.54) is 12.1 Å². The molecule has 0 saturated heterocycles. The zero-order chi connectivity index (χ0) is 13.0. The summed E-state index contributed by atoms with van der Waals surface area (Å²) in [5, 5.41) is 3.12. The van der Waals surface area contributed by atoms with Gasteiger partial charge in [0.1, 0.15) is 22.1 Å². The molecule has 0 unspecified atom stereocenters. The van der Waals surface area contributed by atoms with Crippen LogP contribution in [0.4, 0.5) is 15.9 Å². The van der Waals surface area contributed by atoms with Crippen LogP contribution >= 0.6 is 15.9 Å². The second-order valence-corrected chi connectivity index (χ2v) is 4.69. The SMILES string of the molecule is CCCc1nc(Br)cc(Nc2ccc(F)cc2)n1. The van der Waals surface area contributed by atoms with Gasteiger partial charge in [0.15, 0.2) is 0 Å². The van der Waals surface area contributed by atoms with E-state index in [4.69, 9.17) is 0 Å². The Balaban J connectivity index is 2.20. The minimum absolute atomic E-state index is 0.254. The van der Waals surface area contributed by atoms with Crippen LogP contribution in [0.1, 0.15) is 19.2 Å². The lowest BCUT2D eigenvalue weighted by Gasteiger charge is -2.07. The Morgan fingerprint density at radius 3 is 2.61 bits per heavy atom. The largest absolute Gasteiger partial charge is 0.340 e. The average molecular weight is 310 g/mol. The highest BCUT2D eigenvalue weighted by molar-refractivity contribution is 9.10. The number of nitrogens with one attached hydrogen (secondary N) is 1. The van der Waals surface area contributed by atoms with Crippen molar-refractivity contribution in [3.63, 3.8) is 0 Å². The highest BCUT2D eigenvalue weighted by Gasteiger charge is 2.03. The lowest BCUT2D eigenvalue weighted by atomic mass is 10.3. The molecule has 0 aliphatic carbocycles. The van der Waals surface area contributed by atoms with Crippen LogP contribution in [0.15, 0.2) is 34.9 Å². The highest BCUT2D eigenvalue weighted by Crippen LogP contribution is 2.18. The van der Waals surface area contributed by atoms with Crippen molar-refractivity contribution in [2.24, 2.45) is 0 Å². The van der Waals surface area contributed by atoms with Crippen molar-refractivity contribution >= 4 is 27.4 Å². The van der Waals surface area contributed by atoms with Gasteiger partial charge in [0.25, 0.3) is 0 Å². The van der Waals surface area contributed by atoms with Gasteiger partial charge in [-0.3, -0.25) is 0 Å². The topological polar surface area (TPSA) is 37.8 Å². The van der Waals surface area contributed by atoms with Gasteiger partial charge >= 0.3 is 0 Å². The van der Waals surface area contributed by atoms with Gasteiger partial charge in [-0.2, -0.15) is 0 Å². The predicted octanol–water partition coefficient (Wildman–Crippen LogP) is 4.07. The molecular weight excluding hydrogens is 297 g/mol. The van der Waals surface area contributed by atoms with E-state index >= 15 is 0 Å². The molecule has 0 aliphatic rings. The van der Waals surface area contributed by atoms with E-state index in [-0.39, 0.29) is 5.82 Å². The van der Waals surface area contributed by atoms with E-state index in [0.717, 1.165) is 29.0 Å². The lowest BCUT2D eigenvalue weighted by molar-refractivity contribution is 0.628. The van der Waals surface area contributed by atoms with Crippen LogP contribution in [0.5, 0.6) is 0 Å². The maximum absolute atomic E-state index is 12.8. The fraction of sp³-hybridized carbons (Fsp3) is 0.231. The first-order valence-electron chi connectivity index (χ1n) is 5.73. The van der Waals surface area contributed by atoms with E-state index in [1.54, 1.807) is 18.2 Å². The molecule has 1 heterocycles. The van der Waals surface area contributed by atoms with E-state index in [2.05, 4.69) is 38.1 Å². The van der Waals surface area contributed by atoms with Crippen molar-refractivity contribution in [1.82, 2.24) is 9.97 Å². The Bertz CT molecular complexity index is 528. The van der Waals surface area contributed by atoms with Crippen LogP contribution in [-0.4, -0.2) is 9.97 Å². The molecule has 94 valence electrons. The maximum Gasteiger partial charge on any atom is 0.135 e. The highest BCUT2D eigenvalue weighted by atomic mass is 79.9. The minimum Gasteiger partial charge on any atom is -0.340 e. The molecule has 0 bridgehead atoms. The number of halogens is 2. The molecule has 0 aliphatic heterocycles. The van der Waals surface area contributed by atoms with E-state index in [1.807, 2.05) is 0 Å². The molecule has 2 aromatic rings. The molecule has 18 heavy (non-hydrogen) atoms. The van der Waals surface area contributed by atoms with Gasteiger partial charge in [0.2, 0.25) is 0 Å². The van der Waals surface area contributed by atoms with Crippen molar-refractivity contribution < 1.29 is 4.39 Å². The summed E-state index contributed by atoms with van der Waals surface area (Å²) in [4.78, 5) is 8.68. The number of hydrogen-bond acceptors (Lipinski definition) is 3. The van der Waals surface area contributed by atoms with Crippen LogP contribution in [0.3, 0.4) is 0 Å². The lowest BCUT2D eigenvalue weighted by Crippen LogP contribution is -2.00. The normalized spacial score (nSPS) is 10.4. The first-order chi connectivity index (χ1) is 8.67. The van der Waals surface area contributed by atoms with Crippen LogP contribution in [0.2, 0.25) is 0 Å². The van der Waals surface area contributed by atoms with Crippen molar-refractivity contribution in [2.75, 3.05) is 5.32 Å². The summed E-state index contributed by atoms with van der Waals surface area (Å²) in [5.74, 6) is 1.24. The zero-order valence-electron chi connectivity index (χ0n) is 9.95. The van der Waals surface area contributed by atoms with Crippen molar-refractivity contribution in [3.05, 3.63) is 46.6 Å². The van der Waals surface area contributed by atoms with Gasteiger partial charge < -0.3 is 5.32 Å². The third kappa shape index (κ3) is 3.50. The second kappa shape index (κ2) is 5.91. The Hall–Kier alpha value is -1.49. The fourth-order valence-corrected chi connectivity index (χ4v) is 1.97. The molecule has 1 aromatic heterocycles. The number of aryl methyl sites for hydroxylation is 1. The third-order valence-electron chi connectivity index (χ3n) is 2.33. The van der Waals surface area contributed by atoms with E-state index in [0.29, 0.717) is 5.82 Å². The zero-order valence-corrected chi connectivity index (χ0v) is 11.5. The summed E-state index contributed by atoms with van der Waals surface area (Å²) in [7, 11) is 0. The number of hydrogen-bond donors (Lipinski definition) is 1. The van der Waals surface area contributed by atoms with Gasteiger partial charge in [-0.05, 0) is 46.6 Å². The summed E-state index contributed by atoms with van der Waals surface area (Å²) >= 11 is 3.36. The number of rotatable bonds is 4. The molecule has 0 spiro atoms. The number of benzene rings is 1. The Labute approximate surface area is 114 Å². The van der Waals surface area contributed by atoms with E-state index < -0.39 is 0 Å². The van der Waals surface area contributed by atoms with Gasteiger partial charge in [-0.1, -0.05) is 6.92 Å². The van der Waals surface area contributed by atoms with Crippen molar-refractivity contribution in [2.45, 2.75) is 19.8 Å². The minimum atomic E-state index is -0.254. The summed E-state index contributed by atoms with van der Waals surface area (Å²) < 4.78 is 13.5. The van der Waals surface area contributed by atoms with E-state index in [9.17, 15) is 4.39 Å². The average Bonchev–Trinajstić information content (AvgIpc) is 2.32. The molecule has 1 aromatic carbocycles. The molecule has 0 atom stereocenters. The fourth-order valence-electron chi connectivity index (χ4n) is 1.55. The quantitative estimate of drug-likeness (QED) is 0.865. The summed E-state index contributed by atoms with van der Waals surface area (Å²) in [6, 6.07) is 7.95. The molecule has 0 amide bonds. The predicted molar refractivity (Wildman–Crippen MR) is 73.4 cm³/mol. The molecule has 1 N–H and O–H groups in total. The third-order valence-corrected chi connectivity index (χ3v) is 2.74. The van der Waals surface area contributed by atoms with Crippen LogP contribution in [0.25, 0.3) is 0 Å². The van der Waals surface area contributed by atoms with Gasteiger partial charge in [0.05, 0.1) is 0 Å². The summed E-state index contributed by atoms with van der Waals surface area (Å²) in [5.41, 5.74) is 0.796. The Morgan fingerprint density at radius 2 is 1.94 bits per heavy atom. The van der Waals surface area contributed by atoms with Crippen molar-refractivity contribution in [3.8, 4) is 0 Å². The molecule has 0 saturated carbocycles. The maximum atomic E-state index is 12.8. The standard InChI is InChI=1S/C13H13BrFN3/c1-2-3-12-17-11(14)8-13(18-12)16-10-6-4-9(15)5-7-10/h4-8H,2-3H2,1H3,(H,16,17,18). The van der Waals surface area contributed by atoms with Gasteiger partial charge in [-0.15, -0.1) is 0 Å². The molecular formula is C13H13BrFN3. The first kappa shape index (κ1) is 13.0. The van der Waals surface area contributed by atoms with Crippen LogP contribution in [-0.2, 0) is 6.42 Å². The number of nitrogens with zero attached hydrogens (tertiary/aromatic N) is 2. The first-order valence-corrected chi connectivity index (χ1v) is 6.52. The molecule has 5 heteroatoms. The number of anilines is 2. The van der Waals surface area contributed by atoms with Gasteiger partial charge in [-0.25, -0.2) is 14.4 Å². The van der Waals surface area contributed by atoms with Crippen LogP contribution in [0, 0.1) is 5.82 Å². The molecule has 0 radical (unpaired) electrons. The van der Waals surface area contributed by atoms with Crippen LogP contribution < -0.4 is 5.32 Å². The molecule has 3 nitrogen and oxygen atoms in total. The summed E-state index contributed by atoms with van der Waals surface area (Å²) in [6.07, 6.45) is 1.82. The van der Waals surface area contributed by atoms with Gasteiger partial charge in [0, 0.05) is 18.2 Å². The second-order valence-electron chi connectivity index (χ2n) is 3.87. The Kier molecular flexibility index (Phi) is 4.25. The molecule has 0 fully saturated rings.